The maximum absolute atomic E-state index is 12.1. The molecule has 5 heteroatoms. The Bertz CT molecular complexity index is 584. The van der Waals surface area contributed by atoms with Crippen molar-refractivity contribution in [3.8, 4) is 0 Å². The third-order valence-corrected chi connectivity index (χ3v) is 3.88. The number of carbonyl (C=O) groups is 1. The van der Waals surface area contributed by atoms with Crippen LogP contribution in [0.3, 0.4) is 0 Å². The van der Waals surface area contributed by atoms with Gasteiger partial charge in [0.2, 0.25) is 0 Å². The van der Waals surface area contributed by atoms with Crippen LogP contribution in [-0.4, -0.2) is 10.9 Å². The van der Waals surface area contributed by atoms with Crippen molar-refractivity contribution in [2.75, 3.05) is 0 Å². The van der Waals surface area contributed by atoms with E-state index in [9.17, 15) is 4.79 Å². The van der Waals surface area contributed by atoms with Gasteiger partial charge in [0.25, 0.3) is 5.91 Å². The number of aromatic nitrogens is 1. The molecule has 0 aliphatic heterocycles. The largest absolute Gasteiger partial charge is 0.345 e. The summed E-state index contributed by atoms with van der Waals surface area (Å²) in [6.07, 6.45) is 1.64. The minimum absolute atomic E-state index is 0.0623. The van der Waals surface area contributed by atoms with Crippen LogP contribution in [0, 0.1) is 0 Å². The Balaban J connectivity index is 2.11. The van der Waals surface area contributed by atoms with Crippen LogP contribution in [0.5, 0.6) is 0 Å². The van der Waals surface area contributed by atoms with E-state index in [-0.39, 0.29) is 11.9 Å². The highest BCUT2D eigenvalue weighted by atomic mass is 79.9. The van der Waals surface area contributed by atoms with Crippen LogP contribution in [0.15, 0.2) is 51.7 Å². The number of hydrogen-bond donors (Lipinski definition) is 1. The Kier molecular flexibility index (Phi) is 4.71. The Morgan fingerprint density at radius 3 is 2.53 bits per heavy atom. The predicted octanol–water partition coefficient (Wildman–Crippen LogP) is 4.10. The van der Waals surface area contributed by atoms with Gasteiger partial charge in [0.1, 0.15) is 4.60 Å². The molecular formula is C14H12Br2N2O. The van der Waals surface area contributed by atoms with Crippen molar-refractivity contribution in [1.82, 2.24) is 10.3 Å². The van der Waals surface area contributed by atoms with Crippen LogP contribution in [0.25, 0.3) is 0 Å². The Labute approximate surface area is 128 Å². The van der Waals surface area contributed by atoms with Crippen molar-refractivity contribution < 1.29 is 4.79 Å². The highest BCUT2D eigenvalue weighted by Gasteiger charge is 2.14. The molecule has 0 aliphatic rings. The van der Waals surface area contributed by atoms with E-state index in [0.717, 1.165) is 10.0 Å². The topological polar surface area (TPSA) is 42.0 Å². The monoisotopic (exact) mass is 382 g/mol. The lowest BCUT2D eigenvalue weighted by atomic mass is 10.1. The first-order chi connectivity index (χ1) is 9.08. The summed E-state index contributed by atoms with van der Waals surface area (Å²) in [5, 5.41) is 2.95. The number of hydrogen-bond acceptors (Lipinski definition) is 2. The molecule has 98 valence electrons. The molecule has 2 aromatic rings. The average Bonchev–Trinajstić information content (AvgIpc) is 2.39. The molecule has 1 N–H and O–H groups in total. The summed E-state index contributed by atoms with van der Waals surface area (Å²) in [6, 6.07) is 11.3. The summed E-state index contributed by atoms with van der Waals surface area (Å²) in [5.74, 6) is -0.143. The second-order valence-corrected chi connectivity index (χ2v) is 5.76. The van der Waals surface area contributed by atoms with Crippen LogP contribution < -0.4 is 5.32 Å². The second-order valence-electron chi connectivity index (χ2n) is 4.09. The van der Waals surface area contributed by atoms with E-state index in [2.05, 4.69) is 42.2 Å². The smallest absolute Gasteiger partial charge is 0.254 e. The zero-order valence-corrected chi connectivity index (χ0v) is 13.4. The van der Waals surface area contributed by atoms with Crippen molar-refractivity contribution in [3.63, 3.8) is 0 Å². The molecule has 1 atom stereocenters. The van der Waals surface area contributed by atoms with E-state index in [1.165, 1.54) is 0 Å². The van der Waals surface area contributed by atoms with E-state index in [1.54, 1.807) is 18.3 Å². The summed E-state index contributed by atoms with van der Waals surface area (Å²) < 4.78 is 1.57. The quantitative estimate of drug-likeness (QED) is 0.810. The van der Waals surface area contributed by atoms with Crippen molar-refractivity contribution in [1.29, 1.82) is 0 Å². The molecule has 0 bridgehead atoms. The Morgan fingerprint density at radius 2 is 1.89 bits per heavy atom. The highest BCUT2D eigenvalue weighted by Crippen LogP contribution is 2.18. The molecule has 3 nitrogen and oxygen atoms in total. The fourth-order valence-corrected chi connectivity index (χ4v) is 2.36. The van der Waals surface area contributed by atoms with Crippen molar-refractivity contribution in [2.45, 2.75) is 13.0 Å². The molecule has 0 fully saturated rings. The van der Waals surface area contributed by atoms with Gasteiger partial charge in [0.15, 0.2) is 0 Å². The highest BCUT2D eigenvalue weighted by molar-refractivity contribution is 9.10. The molecule has 1 amide bonds. The first-order valence-corrected chi connectivity index (χ1v) is 7.33. The van der Waals surface area contributed by atoms with Crippen LogP contribution in [0.2, 0.25) is 0 Å². The summed E-state index contributed by atoms with van der Waals surface area (Å²) in [6.45, 7) is 1.95. The Hall–Kier alpha value is -1.20. The van der Waals surface area contributed by atoms with Crippen molar-refractivity contribution in [2.24, 2.45) is 0 Å². The third-order valence-electron chi connectivity index (χ3n) is 2.72. The van der Waals surface area contributed by atoms with Gasteiger partial charge in [-0.05, 0) is 52.7 Å². The number of amides is 1. The summed E-state index contributed by atoms with van der Waals surface area (Å²) in [4.78, 5) is 16.2. The molecule has 0 radical (unpaired) electrons. The number of pyridine rings is 1. The van der Waals surface area contributed by atoms with E-state index >= 15 is 0 Å². The molecule has 19 heavy (non-hydrogen) atoms. The molecule has 2 rings (SSSR count). The van der Waals surface area contributed by atoms with Gasteiger partial charge in [-0.25, -0.2) is 4.98 Å². The molecule has 0 saturated heterocycles. The van der Waals surface area contributed by atoms with Crippen LogP contribution in [0.1, 0.15) is 28.9 Å². The second kappa shape index (κ2) is 6.30. The van der Waals surface area contributed by atoms with E-state index in [4.69, 9.17) is 0 Å². The Morgan fingerprint density at radius 1 is 1.21 bits per heavy atom. The average molecular weight is 384 g/mol. The number of nitrogens with one attached hydrogen (secondary N) is 1. The van der Waals surface area contributed by atoms with Gasteiger partial charge in [-0.3, -0.25) is 4.79 Å². The number of rotatable bonds is 3. The number of carbonyl (C=O) groups excluding carboxylic acids is 1. The molecule has 0 spiro atoms. The first kappa shape index (κ1) is 14.2. The van der Waals surface area contributed by atoms with E-state index in [1.807, 2.05) is 31.2 Å². The maximum atomic E-state index is 12.1. The molecular weight excluding hydrogens is 372 g/mol. The third kappa shape index (κ3) is 3.64. The summed E-state index contributed by atoms with van der Waals surface area (Å²) >= 11 is 6.66. The number of nitrogens with zero attached hydrogens (tertiary/aromatic N) is 1. The van der Waals surface area contributed by atoms with Gasteiger partial charge in [-0.15, -0.1) is 0 Å². The first-order valence-electron chi connectivity index (χ1n) is 5.75. The summed E-state index contributed by atoms with van der Waals surface area (Å²) in [5.41, 5.74) is 1.59. The molecule has 0 saturated carbocycles. The fraction of sp³-hybridized carbons (Fsp3) is 0.143. The van der Waals surface area contributed by atoms with Gasteiger partial charge in [-0.1, -0.05) is 28.1 Å². The van der Waals surface area contributed by atoms with Gasteiger partial charge in [-0.2, -0.15) is 0 Å². The molecule has 1 aromatic carbocycles. The van der Waals surface area contributed by atoms with Crippen molar-refractivity contribution in [3.05, 3.63) is 62.8 Å². The molecule has 0 unspecified atom stereocenters. The molecule has 0 aliphatic carbocycles. The van der Waals surface area contributed by atoms with Crippen molar-refractivity contribution >= 4 is 37.8 Å². The van der Waals surface area contributed by atoms with Gasteiger partial charge >= 0.3 is 0 Å². The standard InChI is InChI=1S/C14H12Br2N2O/c1-9(10-4-6-11(15)7-5-10)18-14(19)12-3-2-8-17-13(12)16/h2-9H,1H3,(H,18,19)/t9-/m1/s1. The SMILES string of the molecule is C[C@@H](NC(=O)c1cccnc1Br)c1ccc(Br)cc1. The lowest BCUT2D eigenvalue weighted by Gasteiger charge is -2.14. The van der Waals surface area contributed by atoms with Crippen LogP contribution in [0.4, 0.5) is 0 Å². The van der Waals surface area contributed by atoms with Gasteiger partial charge in [0, 0.05) is 10.7 Å². The van der Waals surface area contributed by atoms with Crippen LogP contribution in [-0.2, 0) is 0 Å². The lowest BCUT2D eigenvalue weighted by molar-refractivity contribution is 0.0938. The van der Waals surface area contributed by atoms with E-state index in [0.29, 0.717) is 10.2 Å². The minimum Gasteiger partial charge on any atom is -0.345 e. The normalized spacial score (nSPS) is 11.9. The van der Waals surface area contributed by atoms with Gasteiger partial charge in [0.05, 0.1) is 11.6 Å². The lowest BCUT2D eigenvalue weighted by Crippen LogP contribution is -2.27. The number of halogens is 2. The predicted molar refractivity (Wildman–Crippen MR) is 82.0 cm³/mol. The zero-order chi connectivity index (χ0) is 13.8. The fourth-order valence-electron chi connectivity index (χ4n) is 1.66. The van der Waals surface area contributed by atoms with E-state index < -0.39 is 0 Å². The summed E-state index contributed by atoms with van der Waals surface area (Å²) in [7, 11) is 0. The molecule has 1 heterocycles. The van der Waals surface area contributed by atoms with Crippen LogP contribution >= 0.6 is 31.9 Å². The zero-order valence-electron chi connectivity index (χ0n) is 10.2. The number of benzene rings is 1. The molecule has 1 aromatic heterocycles. The maximum Gasteiger partial charge on any atom is 0.254 e. The minimum atomic E-state index is -0.143. The van der Waals surface area contributed by atoms with Gasteiger partial charge < -0.3 is 5.32 Å².